The fraction of sp³-hybridized carbons (Fsp3) is 0.346. The zero-order valence-electron chi connectivity index (χ0n) is 19.4. The molecule has 3 aromatic rings. The number of benzene rings is 2. The van der Waals surface area contributed by atoms with E-state index in [-0.39, 0.29) is 25.2 Å². The van der Waals surface area contributed by atoms with Crippen molar-refractivity contribution in [1.82, 2.24) is 24.9 Å². The van der Waals surface area contributed by atoms with E-state index < -0.39 is 0 Å². The third kappa shape index (κ3) is 4.23. The van der Waals surface area contributed by atoms with E-state index >= 15 is 0 Å². The Morgan fingerprint density at radius 1 is 1.00 bits per heavy atom. The lowest BCUT2D eigenvalue weighted by Crippen LogP contribution is -2.50. The van der Waals surface area contributed by atoms with Gasteiger partial charge < -0.3 is 19.7 Å². The van der Waals surface area contributed by atoms with E-state index in [0.29, 0.717) is 38.4 Å². The Morgan fingerprint density at radius 2 is 1.89 bits per heavy atom. The normalized spacial score (nSPS) is 17.3. The molecule has 9 heteroatoms. The van der Waals surface area contributed by atoms with Crippen LogP contribution in [0.2, 0.25) is 0 Å². The summed E-state index contributed by atoms with van der Waals surface area (Å²) < 4.78 is 13.2. The molecule has 0 saturated carbocycles. The summed E-state index contributed by atoms with van der Waals surface area (Å²) in [6.07, 6.45) is 0.787. The van der Waals surface area contributed by atoms with Crippen LogP contribution in [0.15, 0.2) is 48.5 Å². The van der Waals surface area contributed by atoms with E-state index in [1.165, 1.54) is 0 Å². The summed E-state index contributed by atoms with van der Waals surface area (Å²) in [6, 6.07) is 16.1. The maximum Gasteiger partial charge on any atom is 0.275 e. The Morgan fingerprint density at radius 3 is 2.74 bits per heavy atom. The zero-order valence-corrected chi connectivity index (χ0v) is 19.4. The van der Waals surface area contributed by atoms with Gasteiger partial charge in [0.15, 0.2) is 17.2 Å². The molecule has 0 atom stereocenters. The first-order chi connectivity index (χ1) is 17.2. The second kappa shape index (κ2) is 9.07. The molecule has 180 valence electrons. The van der Waals surface area contributed by atoms with Gasteiger partial charge in [0.05, 0.1) is 13.1 Å². The first-order valence-electron chi connectivity index (χ1n) is 11.9. The number of ether oxygens (including phenoxy) is 2. The van der Waals surface area contributed by atoms with Gasteiger partial charge in [0.25, 0.3) is 5.91 Å². The Bertz CT molecular complexity index is 1270. The summed E-state index contributed by atoms with van der Waals surface area (Å²) in [5, 5.41) is 7.59. The Balaban J connectivity index is 1.30. The molecule has 0 spiro atoms. The number of amides is 2. The summed E-state index contributed by atoms with van der Waals surface area (Å²) in [7, 11) is 0. The van der Waals surface area contributed by atoms with Crippen LogP contribution in [0.4, 0.5) is 0 Å². The van der Waals surface area contributed by atoms with Gasteiger partial charge >= 0.3 is 0 Å². The fourth-order valence-electron chi connectivity index (χ4n) is 5.06. The molecule has 9 nitrogen and oxygen atoms in total. The van der Waals surface area contributed by atoms with Gasteiger partial charge in [0.1, 0.15) is 0 Å². The smallest absolute Gasteiger partial charge is 0.275 e. The number of hydrogen-bond acceptors (Lipinski definition) is 6. The van der Waals surface area contributed by atoms with Crippen molar-refractivity contribution in [3.63, 3.8) is 0 Å². The van der Waals surface area contributed by atoms with E-state index in [4.69, 9.17) is 14.6 Å². The second-order valence-corrected chi connectivity index (χ2v) is 9.11. The van der Waals surface area contributed by atoms with E-state index in [2.05, 4.69) is 28.4 Å². The molecular weight excluding hydrogens is 446 g/mol. The SMILES string of the molecule is O=C1CN(C(=O)c2nn(Cc3ccccc3)c3c2CN(Cc2cccc4c2OCO4)CC3)CCN1. The highest BCUT2D eigenvalue weighted by Crippen LogP contribution is 2.36. The van der Waals surface area contributed by atoms with Crippen LogP contribution >= 0.6 is 0 Å². The minimum atomic E-state index is -0.179. The quantitative estimate of drug-likeness (QED) is 0.608. The molecule has 3 aliphatic rings. The predicted octanol–water partition coefficient (Wildman–Crippen LogP) is 1.79. The van der Waals surface area contributed by atoms with Crippen LogP contribution in [0.25, 0.3) is 0 Å². The van der Waals surface area contributed by atoms with Crippen molar-refractivity contribution in [3.8, 4) is 11.5 Å². The van der Waals surface area contributed by atoms with Gasteiger partial charge in [-0.1, -0.05) is 42.5 Å². The van der Waals surface area contributed by atoms with Gasteiger partial charge in [0, 0.05) is 56.0 Å². The number of piperazine rings is 1. The van der Waals surface area contributed by atoms with Crippen molar-refractivity contribution in [3.05, 3.63) is 76.6 Å². The average molecular weight is 474 g/mol. The second-order valence-electron chi connectivity index (χ2n) is 9.11. The summed E-state index contributed by atoms with van der Waals surface area (Å²) in [6.45, 7) is 4.01. The predicted molar refractivity (Wildman–Crippen MR) is 127 cm³/mol. The standard InChI is InChI=1S/C26H27N5O4/c32-23-16-30(12-10-27-23)26(33)24-20-15-29(14-19-7-4-8-22-25(19)35-17-34-22)11-9-21(20)31(28-24)13-18-5-2-1-3-6-18/h1-8H,9-17H2,(H,27,32). The Hall–Kier alpha value is -3.85. The molecule has 0 unspecified atom stereocenters. The molecule has 35 heavy (non-hydrogen) atoms. The van der Waals surface area contributed by atoms with E-state index in [9.17, 15) is 9.59 Å². The monoisotopic (exact) mass is 473 g/mol. The van der Waals surface area contributed by atoms with Crippen LogP contribution in [0, 0.1) is 0 Å². The minimum absolute atomic E-state index is 0.0658. The largest absolute Gasteiger partial charge is 0.454 e. The molecule has 0 bridgehead atoms. The molecule has 6 rings (SSSR count). The lowest BCUT2D eigenvalue weighted by molar-refractivity contribution is -0.123. The number of carbonyl (C=O) groups excluding carboxylic acids is 2. The van der Waals surface area contributed by atoms with Gasteiger partial charge in [-0.2, -0.15) is 5.10 Å². The highest BCUT2D eigenvalue weighted by molar-refractivity contribution is 5.97. The number of rotatable bonds is 5. The summed E-state index contributed by atoms with van der Waals surface area (Å²) in [5.41, 5.74) is 4.70. The molecule has 0 radical (unpaired) electrons. The van der Waals surface area contributed by atoms with Gasteiger partial charge in [-0.25, -0.2) is 0 Å². The molecule has 1 saturated heterocycles. The van der Waals surface area contributed by atoms with E-state index in [0.717, 1.165) is 46.8 Å². The van der Waals surface area contributed by atoms with Gasteiger partial charge in [-0.3, -0.25) is 19.2 Å². The van der Waals surface area contributed by atoms with Crippen LogP contribution in [0.3, 0.4) is 0 Å². The molecule has 3 aliphatic heterocycles. The minimum Gasteiger partial charge on any atom is -0.454 e. The summed E-state index contributed by atoms with van der Waals surface area (Å²) in [5.74, 6) is 1.26. The molecular formula is C26H27N5O4. The molecule has 2 amide bonds. The third-order valence-corrected chi connectivity index (χ3v) is 6.79. The van der Waals surface area contributed by atoms with Crippen molar-refractivity contribution in [2.75, 3.05) is 33.0 Å². The van der Waals surface area contributed by atoms with Crippen LogP contribution in [-0.2, 0) is 30.8 Å². The topological polar surface area (TPSA) is 88.9 Å². The summed E-state index contributed by atoms with van der Waals surface area (Å²) in [4.78, 5) is 29.4. The number of nitrogens with one attached hydrogen (secondary N) is 1. The first-order valence-corrected chi connectivity index (χ1v) is 11.9. The molecule has 4 heterocycles. The molecule has 2 aromatic carbocycles. The number of carbonyl (C=O) groups is 2. The number of para-hydroxylation sites is 1. The van der Waals surface area contributed by atoms with E-state index in [1.54, 1.807) is 4.90 Å². The third-order valence-electron chi connectivity index (χ3n) is 6.79. The molecule has 1 N–H and O–H groups in total. The van der Waals surface area contributed by atoms with Crippen LogP contribution < -0.4 is 14.8 Å². The number of nitrogens with zero attached hydrogens (tertiary/aromatic N) is 4. The van der Waals surface area contributed by atoms with Crippen molar-refractivity contribution < 1.29 is 19.1 Å². The number of fused-ring (bicyclic) bond motifs is 2. The van der Waals surface area contributed by atoms with Crippen LogP contribution in [-0.4, -0.2) is 64.4 Å². The van der Waals surface area contributed by atoms with Gasteiger partial charge in [-0.05, 0) is 11.6 Å². The van der Waals surface area contributed by atoms with Crippen LogP contribution in [0.5, 0.6) is 11.5 Å². The van der Waals surface area contributed by atoms with Crippen molar-refractivity contribution in [2.45, 2.75) is 26.1 Å². The maximum absolute atomic E-state index is 13.5. The summed E-state index contributed by atoms with van der Waals surface area (Å²) >= 11 is 0. The van der Waals surface area contributed by atoms with Crippen molar-refractivity contribution in [1.29, 1.82) is 0 Å². The number of hydrogen-bond donors (Lipinski definition) is 1. The highest BCUT2D eigenvalue weighted by atomic mass is 16.7. The molecule has 0 aliphatic carbocycles. The number of aromatic nitrogens is 2. The fourth-order valence-corrected chi connectivity index (χ4v) is 5.06. The van der Waals surface area contributed by atoms with Crippen molar-refractivity contribution >= 4 is 11.8 Å². The molecule has 1 fully saturated rings. The van der Waals surface area contributed by atoms with Crippen molar-refractivity contribution in [2.24, 2.45) is 0 Å². The van der Waals surface area contributed by atoms with Gasteiger partial charge in [0.2, 0.25) is 12.7 Å². The first kappa shape index (κ1) is 21.7. The lowest BCUT2D eigenvalue weighted by Gasteiger charge is -2.29. The van der Waals surface area contributed by atoms with E-state index in [1.807, 2.05) is 35.0 Å². The van der Waals surface area contributed by atoms with Crippen LogP contribution in [0.1, 0.15) is 32.9 Å². The average Bonchev–Trinajstić information content (AvgIpc) is 3.50. The lowest BCUT2D eigenvalue weighted by atomic mass is 10.0. The highest BCUT2D eigenvalue weighted by Gasteiger charge is 2.32. The Kier molecular flexibility index (Phi) is 5.61. The van der Waals surface area contributed by atoms with Gasteiger partial charge in [-0.15, -0.1) is 0 Å². The Labute approximate surface area is 203 Å². The zero-order chi connectivity index (χ0) is 23.8. The maximum atomic E-state index is 13.5. The molecule has 1 aromatic heterocycles.